The Hall–Kier alpha value is -1.26. The fourth-order valence-corrected chi connectivity index (χ4v) is 2.03. The van der Waals surface area contributed by atoms with Crippen LogP contribution in [0.2, 0.25) is 5.02 Å². The maximum Gasteiger partial charge on any atom is 0.314 e. The molecule has 2 N–H and O–H groups in total. The first-order valence-corrected chi connectivity index (χ1v) is 6.90. The molecule has 0 aromatic heterocycles. The summed E-state index contributed by atoms with van der Waals surface area (Å²) in [7, 11) is 1.37. The van der Waals surface area contributed by atoms with E-state index in [1.165, 1.54) is 7.11 Å². The van der Waals surface area contributed by atoms with Gasteiger partial charge in [-0.1, -0.05) is 17.7 Å². The number of methoxy groups -OCH3 is 1. The molecule has 4 nitrogen and oxygen atoms in total. The normalized spacial score (nSPS) is 12.9. The van der Waals surface area contributed by atoms with E-state index >= 15 is 0 Å². The van der Waals surface area contributed by atoms with Gasteiger partial charge in [0.05, 0.1) is 12.5 Å². The van der Waals surface area contributed by atoms with E-state index in [-0.39, 0.29) is 18.6 Å². The summed E-state index contributed by atoms with van der Waals surface area (Å²) in [5.74, 6) is 0.347. The maximum atomic E-state index is 11.6. The number of rotatable bonds is 6. The Morgan fingerprint density at radius 3 is 2.65 bits per heavy atom. The number of carbonyl (C=O) groups is 1. The lowest BCUT2D eigenvalue weighted by Crippen LogP contribution is -2.32. The molecule has 0 fully saturated rings. The Morgan fingerprint density at radius 2 is 2.10 bits per heavy atom. The molecule has 0 spiro atoms. The largest absolute Gasteiger partial charge is 0.492 e. The monoisotopic (exact) mass is 299 g/mol. The summed E-state index contributed by atoms with van der Waals surface area (Å²) < 4.78 is 10.5. The van der Waals surface area contributed by atoms with Crippen LogP contribution in [0.4, 0.5) is 0 Å². The number of carbonyl (C=O) groups excluding carboxylic acids is 1. The van der Waals surface area contributed by atoms with Crippen molar-refractivity contribution in [3.63, 3.8) is 0 Å². The zero-order valence-corrected chi connectivity index (χ0v) is 13.2. The summed E-state index contributed by atoms with van der Waals surface area (Å²) in [4.78, 5) is 11.6. The molecule has 0 amide bonds. The van der Waals surface area contributed by atoms with Gasteiger partial charge in [0.1, 0.15) is 12.4 Å². The van der Waals surface area contributed by atoms with Gasteiger partial charge in [-0.3, -0.25) is 4.79 Å². The van der Waals surface area contributed by atoms with Crippen LogP contribution in [0, 0.1) is 5.41 Å². The van der Waals surface area contributed by atoms with Crippen LogP contribution in [0.1, 0.15) is 26.3 Å². The van der Waals surface area contributed by atoms with Crippen molar-refractivity contribution >= 4 is 17.6 Å². The van der Waals surface area contributed by atoms with Gasteiger partial charge in [0.25, 0.3) is 0 Å². The topological polar surface area (TPSA) is 61.5 Å². The Morgan fingerprint density at radius 1 is 1.45 bits per heavy atom. The predicted molar refractivity (Wildman–Crippen MR) is 80.1 cm³/mol. The molecule has 0 aliphatic heterocycles. The highest BCUT2D eigenvalue weighted by atomic mass is 35.5. The molecule has 0 saturated heterocycles. The summed E-state index contributed by atoms with van der Waals surface area (Å²) in [5, 5.41) is 0.621. The zero-order valence-electron chi connectivity index (χ0n) is 12.4. The first-order valence-electron chi connectivity index (χ1n) is 6.52. The van der Waals surface area contributed by atoms with Crippen LogP contribution in [0.5, 0.6) is 5.75 Å². The number of halogens is 1. The molecule has 0 bridgehead atoms. The van der Waals surface area contributed by atoms with Crippen LogP contribution >= 0.6 is 11.6 Å². The minimum Gasteiger partial charge on any atom is -0.492 e. The molecule has 1 aromatic rings. The van der Waals surface area contributed by atoms with Gasteiger partial charge < -0.3 is 15.2 Å². The number of ether oxygens (including phenoxy) is 2. The van der Waals surface area contributed by atoms with Crippen LogP contribution < -0.4 is 10.5 Å². The molecule has 20 heavy (non-hydrogen) atoms. The minimum absolute atomic E-state index is 0.0223. The van der Waals surface area contributed by atoms with E-state index in [0.717, 1.165) is 5.56 Å². The number of benzene rings is 1. The summed E-state index contributed by atoms with van der Waals surface area (Å²) in [5.41, 5.74) is 5.97. The molecule has 0 radical (unpaired) electrons. The average Bonchev–Trinajstić information content (AvgIpc) is 2.38. The van der Waals surface area contributed by atoms with Crippen LogP contribution in [0.25, 0.3) is 0 Å². The summed E-state index contributed by atoms with van der Waals surface area (Å²) in [6.07, 6.45) is 0.619. The number of hydrogen-bond donors (Lipinski definition) is 1. The Kier molecular flexibility index (Phi) is 5.84. The van der Waals surface area contributed by atoms with E-state index in [4.69, 9.17) is 26.8 Å². The second-order valence-electron chi connectivity index (χ2n) is 5.56. The molecule has 0 aliphatic carbocycles. The van der Waals surface area contributed by atoms with E-state index in [1.807, 2.05) is 19.1 Å². The molecular weight excluding hydrogens is 278 g/mol. The fourth-order valence-electron chi connectivity index (χ4n) is 1.79. The number of hydrogen-bond acceptors (Lipinski definition) is 4. The third-order valence-corrected chi connectivity index (χ3v) is 3.28. The van der Waals surface area contributed by atoms with Gasteiger partial charge in [-0.2, -0.15) is 0 Å². The van der Waals surface area contributed by atoms with Crippen LogP contribution in [0.15, 0.2) is 18.2 Å². The first-order chi connectivity index (χ1) is 9.27. The van der Waals surface area contributed by atoms with Crippen molar-refractivity contribution in [1.82, 2.24) is 0 Å². The van der Waals surface area contributed by atoms with Gasteiger partial charge in [-0.25, -0.2) is 0 Å². The van der Waals surface area contributed by atoms with E-state index in [9.17, 15) is 4.79 Å². The van der Waals surface area contributed by atoms with Gasteiger partial charge in [0, 0.05) is 16.6 Å². The molecule has 1 atom stereocenters. The average molecular weight is 300 g/mol. The Bertz CT molecular complexity index is 472. The van der Waals surface area contributed by atoms with Crippen molar-refractivity contribution in [2.24, 2.45) is 11.1 Å². The first kappa shape index (κ1) is 16.8. The lowest BCUT2D eigenvalue weighted by Gasteiger charge is -2.23. The lowest BCUT2D eigenvalue weighted by molar-refractivity contribution is -0.152. The molecule has 112 valence electrons. The summed E-state index contributed by atoms with van der Waals surface area (Å²) >= 11 is 6.19. The molecule has 5 heteroatoms. The van der Waals surface area contributed by atoms with Gasteiger partial charge in [0.2, 0.25) is 0 Å². The highest BCUT2D eigenvalue weighted by Gasteiger charge is 2.30. The van der Waals surface area contributed by atoms with E-state index in [0.29, 0.717) is 17.2 Å². The van der Waals surface area contributed by atoms with Crippen molar-refractivity contribution in [3.8, 4) is 5.75 Å². The molecule has 0 aliphatic rings. The minimum atomic E-state index is -0.720. The zero-order chi connectivity index (χ0) is 15.3. The molecule has 1 aromatic carbocycles. The standard InChI is InChI=1S/C15H22ClNO3/c1-10(17)8-11-12(16)6-5-7-13(11)20-9-15(2,3)14(18)19-4/h5-7,10H,8-9,17H2,1-4H3. The Labute approximate surface area is 125 Å². The summed E-state index contributed by atoms with van der Waals surface area (Å²) in [6, 6.07) is 5.42. The van der Waals surface area contributed by atoms with Gasteiger partial charge in [-0.15, -0.1) is 0 Å². The maximum absolute atomic E-state index is 11.6. The van der Waals surface area contributed by atoms with E-state index in [2.05, 4.69) is 0 Å². The van der Waals surface area contributed by atoms with Crippen LogP contribution in [0.3, 0.4) is 0 Å². The number of nitrogens with two attached hydrogens (primary N) is 1. The van der Waals surface area contributed by atoms with Gasteiger partial charge in [0.15, 0.2) is 0 Å². The van der Waals surface area contributed by atoms with Crippen molar-refractivity contribution in [2.75, 3.05) is 13.7 Å². The SMILES string of the molecule is COC(=O)C(C)(C)COc1cccc(Cl)c1CC(C)N. The smallest absolute Gasteiger partial charge is 0.314 e. The van der Waals surface area contributed by atoms with Gasteiger partial charge >= 0.3 is 5.97 Å². The van der Waals surface area contributed by atoms with Crippen molar-refractivity contribution < 1.29 is 14.3 Å². The van der Waals surface area contributed by atoms with Crippen LogP contribution in [-0.4, -0.2) is 25.7 Å². The van der Waals surface area contributed by atoms with E-state index < -0.39 is 5.41 Å². The second-order valence-corrected chi connectivity index (χ2v) is 5.97. The molecular formula is C15H22ClNO3. The Balaban J connectivity index is 2.88. The van der Waals surface area contributed by atoms with Crippen LogP contribution in [-0.2, 0) is 16.0 Å². The predicted octanol–water partition coefficient (Wildman–Crippen LogP) is 2.81. The highest BCUT2D eigenvalue weighted by molar-refractivity contribution is 6.31. The fraction of sp³-hybridized carbons (Fsp3) is 0.533. The quantitative estimate of drug-likeness (QED) is 0.821. The third kappa shape index (κ3) is 4.39. The van der Waals surface area contributed by atoms with Crippen molar-refractivity contribution in [2.45, 2.75) is 33.2 Å². The lowest BCUT2D eigenvalue weighted by atomic mass is 9.95. The summed E-state index contributed by atoms with van der Waals surface area (Å²) in [6.45, 7) is 5.67. The molecule has 1 rings (SSSR count). The second kappa shape index (κ2) is 6.95. The molecule has 1 unspecified atom stereocenters. The molecule has 0 saturated carbocycles. The van der Waals surface area contributed by atoms with Crippen molar-refractivity contribution in [3.05, 3.63) is 28.8 Å². The number of esters is 1. The third-order valence-electron chi connectivity index (χ3n) is 2.93. The van der Waals surface area contributed by atoms with Gasteiger partial charge in [-0.05, 0) is 39.3 Å². The van der Waals surface area contributed by atoms with Crippen molar-refractivity contribution in [1.29, 1.82) is 0 Å². The highest BCUT2D eigenvalue weighted by Crippen LogP contribution is 2.29. The van der Waals surface area contributed by atoms with E-state index in [1.54, 1.807) is 19.9 Å². The molecule has 0 heterocycles.